The minimum atomic E-state index is -0.441. The number of benzene rings is 11. The normalized spacial score (nSPS) is 12.7. The van der Waals surface area contributed by atoms with Crippen molar-refractivity contribution in [2.24, 2.45) is 0 Å². The standard InChI is InChI=1S/C63H42N2/c1-4-16-47(17-5-1)63(59-25-13-10-22-55(59)56-23-11-14-26-60(56)63)48-32-34-51(35-33-48)64(49-18-6-2-7-19-49)52-36-39-54-46(41-52)29-28-45-40-43(30-37-53(45)54)44-31-38-58-57-24-12-15-27-61(57)65(62(58)42-44)50-20-8-3-9-21-50/h1-42H. The van der Waals surface area contributed by atoms with E-state index < -0.39 is 5.41 Å². The fraction of sp³-hybridized carbons (Fsp3) is 0.0159. The maximum absolute atomic E-state index is 2.39. The number of hydrogen-bond donors (Lipinski definition) is 0. The molecule has 65 heavy (non-hydrogen) atoms. The monoisotopic (exact) mass is 826 g/mol. The molecule has 13 rings (SSSR count). The molecule has 0 spiro atoms. The van der Waals surface area contributed by atoms with Gasteiger partial charge in [0.1, 0.15) is 0 Å². The first kappa shape index (κ1) is 37.1. The second kappa shape index (κ2) is 14.8. The molecule has 0 aliphatic heterocycles. The van der Waals surface area contributed by atoms with Crippen molar-refractivity contribution < 1.29 is 0 Å². The minimum absolute atomic E-state index is 0.441. The van der Waals surface area contributed by atoms with E-state index in [9.17, 15) is 0 Å². The fourth-order valence-electron chi connectivity index (χ4n) is 11.0. The van der Waals surface area contributed by atoms with Crippen molar-refractivity contribution in [2.45, 2.75) is 5.41 Å². The SMILES string of the molecule is c1ccc(N(c2ccc(C3(c4ccccc4)c4ccccc4-c4ccccc43)cc2)c2ccc3c(ccc4cc(-c5ccc6c7ccccc7n(-c7ccccc7)c6c5)ccc43)c2)cc1. The van der Waals surface area contributed by atoms with Crippen LogP contribution in [0.1, 0.15) is 22.3 Å². The lowest BCUT2D eigenvalue weighted by Gasteiger charge is -2.34. The van der Waals surface area contributed by atoms with Gasteiger partial charge in [-0.25, -0.2) is 0 Å². The summed E-state index contributed by atoms with van der Waals surface area (Å²) in [7, 11) is 0. The lowest BCUT2D eigenvalue weighted by Crippen LogP contribution is -2.28. The van der Waals surface area contributed by atoms with Crippen molar-refractivity contribution in [1.82, 2.24) is 4.57 Å². The van der Waals surface area contributed by atoms with Crippen LogP contribution in [0.2, 0.25) is 0 Å². The highest BCUT2D eigenvalue weighted by molar-refractivity contribution is 6.12. The molecule has 0 atom stereocenters. The average molecular weight is 827 g/mol. The highest BCUT2D eigenvalue weighted by Gasteiger charge is 2.45. The van der Waals surface area contributed by atoms with Gasteiger partial charge in [-0.3, -0.25) is 0 Å². The van der Waals surface area contributed by atoms with Crippen molar-refractivity contribution in [3.8, 4) is 27.9 Å². The Balaban J connectivity index is 0.896. The van der Waals surface area contributed by atoms with Crippen LogP contribution in [-0.2, 0) is 5.41 Å². The molecule has 0 saturated heterocycles. The third kappa shape index (κ3) is 5.74. The maximum atomic E-state index is 2.39. The van der Waals surface area contributed by atoms with Gasteiger partial charge in [0.25, 0.3) is 0 Å². The first-order valence-electron chi connectivity index (χ1n) is 22.5. The molecule has 1 aromatic heterocycles. The molecule has 304 valence electrons. The van der Waals surface area contributed by atoms with E-state index in [1.54, 1.807) is 0 Å². The van der Waals surface area contributed by atoms with E-state index in [0.29, 0.717) is 0 Å². The van der Waals surface area contributed by atoms with Crippen LogP contribution in [0, 0.1) is 0 Å². The number of nitrogens with zero attached hydrogens (tertiary/aromatic N) is 2. The number of anilines is 3. The van der Waals surface area contributed by atoms with Gasteiger partial charge in [-0.05, 0) is 133 Å². The van der Waals surface area contributed by atoms with Crippen LogP contribution in [-0.4, -0.2) is 4.57 Å². The van der Waals surface area contributed by atoms with Crippen molar-refractivity contribution >= 4 is 60.4 Å². The second-order valence-electron chi connectivity index (χ2n) is 17.3. The largest absolute Gasteiger partial charge is 0.310 e. The van der Waals surface area contributed by atoms with E-state index in [0.717, 1.165) is 17.1 Å². The predicted molar refractivity (Wildman–Crippen MR) is 273 cm³/mol. The fourth-order valence-corrected chi connectivity index (χ4v) is 11.0. The molecule has 0 bridgehead atoms. The van der Waals surface area contributed by atoms with E-state index in [-0.39, 0.29) is 0 Å². The van der Waals surface area contributed by atoms with Gasteiger partial charge in [-0.2, -0.15) is 0 Å². The van der Waals surface area contributed by atoms with Crippen LogP contribution in [0.4, 0.5) is 17.1 Å². The molecule has 11 aromatic carbocycles. The summed E-state index contributed by atoms with van der Waals surface area (Å²) < 4.78 is 2.39. The van der Waals surface area contributed by atoms with E-state index >= 15 is 0 Å². The molecule has 1 heterocycles. The third-order valence-corrected chi connectivity index (χ3v) is 13.8. The molecule has 1 aliphatic carbocycles. The topological polar surface area (TPSA) is 8.17 Å². The lowest BCUT2D eigenvalue weighted by atomic mass is 9.68. The zero-order chi connectivity index (χ0) is 42.9. The summed E-state index contributed by atoms with van der Waals surface area (Å²) in [5.74, 6) is 0. The molecular formula is C63H42N2. The molecule has 0 unspecified atom stereocenters. The third-order valence-electron chi connectivity index (χ3n) is 13.8. The molecule has 0 radical (unpaired) electrons. The average Bonchev–Trinajstić information content (AvgIpc) is 3.88. The van der Waals surface area contributed by atoms with Crippen molar-refractivity contribution in [3.63, 3.8) is 0 Å². The second-order valence-corrected chi connectivity index (χ2v) is 17.3. The van der Waals surface area contributed by atoms with Gasteiger partial charge in [-0.15, -0.1) is 0 Å². The van der Waals surface area contributed by atoms with Gasteiger partial charge in [0.15, 0.2) is 0 Å². The Morgan fingerprint density at radius 1 is 0.308 bits per heavy atom. The summed E-state index contributed by atoms with van der Waals surface area (Å²) in [6.07, 6.45) is 0. The van der Waals surface area contributed by atoms with Crippen molar-refractivity contribution in [2.75, 3.05) is 4.90 Å². The van der Waals surface area contributed by atoms with Gasteiger partial charge in [0.05, 0.1) is 16.4 Å². The maximum Gasteiger partial charge on any atom is 0.0713 e. The Morgan fingerprint density at radius 2 is 0.800 bits per heavy atom. The summed E-state index contributed by atoms with van der Waals surface area (Å²) in [6, 6.07) is 93.7. The Labute approximate surface area is 378 Å². The number of para-hydroxylation sites is 3. The predicted octanol–water partition coefficient (Wildman–Crippen LogP) is 16.6. The van der Waals surface area contributed by atoms with Crippen molar-refractivity contribution in [3.05, 3.63) is 277 Å². The molecule has 12 aromatic rings. The summed E-state index contributed by atoms with van der Waals surface area (Å²) in [5.41, 5.74) is 16.7. The molecule has 0 amide bonds. The Bertz CT molecular complexity index is 3710. The van der Waals surface area contributed by atoms with Crippen LogP contribution in [0.3, 0.4) is 0 Å². The van der Waals surface area contributed by atoms with Crippen LogP contribution in [0.25, 0.3) is 71.3 Å². The van der Waals surface area contributed by atoms with E-state index in [1.807, 2.05) is 0 Å². The molecule has 2 heteroatoms. The smallest absolute Gasteiger partial charge is 0.0713 e. The summed E-state index contributed by atoms with van der Waals surface area (Å²) in [4.78, 5) is 2.38. The zero-order valence-electron chi connectivity index (χ0n) is 35.6. The lowest BCUT2D eigenvalue weighted by molar-refractivity contribution is 0.768. The van der Waals surface area contributed by atoms with Gasteiger partial charge in [0.2, 0.25) is 0 Å². The molecule has 1 aliphatic rings. The zero-order valence-corrected chi connectivity index (χ0v) is 35.6. The van der Waals surface area contributed by atoms with E-state index in [1.165, 1.54) is 93.5 Å². The van der Waals surface area contributed by atoms with Gasteiger partial charge >= 0.3 is 0 Å². The Hall–Kier alpha value is -8.46. The number of fused-ring (bicyclic) bond motifs is 9. The quantitative estimate of drug-likeness (QED) is 0.145. The van der Waals surface area contributed by atoms with Gasteiger partial charge in [0, 0.05) is 33.5 Å². The minimum Gasteiger partial charge on any atom is -0.310 e. The molecule has 2 nitrogen and oxygen atoms in total. The number of aromatic nitrogens is 1. The summed E-state index contributed by atoms with van der Waals surface area (Å²) >= 11 is 0. The highest BCUT2D eigenvalue weighted by Crippen LogP contribution is 2.56. The van der Waals surface area contributed by atoms with Crippen molar-refractivity contribution in [1.29, 1.82) is 0 Å². The molecule has 0 fully saturated rings. The van der Waals surface area contributed by atoms with Crippen LogP contribution in [0.15, 0.2) is 255 Å². The van der Waals surface area contributed by atoms with E-state index in [2.05, 4.69) is 264 Å². The van der Waals surface area contributed by atoms with Crippen LogP contribution >= 0.6 is 0 Å². The van der Waals surface area contributed by atoms with Crippen LogP contribution < -0.4 is 4.90 Å². The first-order valence-corrected chi connectivity index (χ1v) is 22.5. The van der Waals surface area contributed by atoms with Crippen LogP contribution in [0.5, 0.6) is 0 Å². The molecule has 0 N–H and O–H groups in total. The molecule has 0 saturated carbocycles. The molecular weight excluding hydrogens is 785 g/mol. The number of hydrogen-bond acceptors (Lipinski definition) is 1. The first-order chi connectivity index (χ1) is 32.2. The number of rotatable bonds is 7. The van der Waals surface area contributed by atoms with E-state index in [4.69, 9.17) is 0 Å². The highest BCUT2D eigenvalue weighted by atomic mass is 15.1. The Kier molecular flexibility index (Phi) is 8.47. The summed E-state index contributed by atoms with van der Waals surface area (Å²) in [6.45, 7) is 0. The summed E-state index contributed by atoms with van der Waals surface area (Å²) in [5, 5.41) is 7.45. The Morgan fingerprint density at radius 3 is 1.51 bits per heavy atom. The van der Waals surface area contributed by atoms with Gasteiger partial charge < -0.3 is 9.47 Å². The van der Waals surface area contributed by atoms with Gasteiger partial charge in [-0.1, -0.05) is 188 Å².